The highest BCUT2D eigenvalue weighted by atomic mass is 35.5. The summed E-state index contributed by atoms with van der Waals surface area (Å²) in [5, 5.41) is 2.93. The predicted octanol–water partition coefficient (Wildman–Crippen LogP) is 4.67. The van der Waals surface area contributed by atoms with Gasteiger partial charge in [-0.05, 0) is 38.5 Å². The molecule has 124 valence electrons. The van der Waals surface area contributed by atoms with E-state index in [9.17, 15) is 9.36 Å². The number of hydrogen-bond acceptors (Lipinski definition) is 5. The fourth-order valence-electron chi connectivity index (χ4n) is 1.59. The number of nitrogens with one attached hydrogen (secondary N) is 1. The number of halogens is 1. The van der Waals surface area contributed by atoms with Gasteiger partial charge in [-0.15, -0.1) is 0 Å². The van der Waals surface area contributed by atoms with Crippen LogP contribution in [0.15, 0.2) is 18.2 Å². The van der Waals surface area contributed by atoms with Crippen LogP contribution in [-0.2, 0) is 24.5 Å². The molecule has 0 fully saturated rings. The van der Waals surface area contributed by atoms with E-state index in [0.29, 0.717) is 16.3 Å². The molecule has 0 aliphatic rings. The van der Waals surface area contributed by atoms with Crippen molar-refractivity contribution in [2.45, 2.75) is 32.5 Å². The van der Waals surface area contributed by atoms with Gasteiger partial charge in [-0.3, -0.25) is 9.88 Å². The molecule has 1 aromatic carbocycles. The molecule has 1 rings (SSSR count). The number of hydrogen-bond donors (Lipinski definition) is 1. The summed E-state index contributed by atoms with van der Waals surface area (Å²) >= 11 is 6.14. The number of amides is 1. The first-order valence-corrected chi connectivity index (χ1v) is 8.68. The fourth-order valence-corrected chi connectivity index (χ4v) is 3.03. The summed E-state index contributed by atoms with van der Waals surface area (Å²) in [7, 11) is -0.565. The topological polar surface area (TPSA) is 73.9 Å². The van der Waals surface area contributed by atoms with Gasteiger partial charge in [0.15, 0.2) is 0 Å². The highest BCUT2D eigenvalue weighted by Crippen LogP contribution is 2.50. The van der Waals surface area contributed by atoms with Crippen molar-refractivity contribution in [3.8, 4) is 0 Å². The first-order valence-electron chi connectivity index (χ1n) is 6.57. The maximum Gasteiger partial charge on any atom is 0.412 e. The number of ether oxygens (including phenoxy) is 1. The van der Waals surface area contributed by atoms with Crippen LogP contribution in [0.5, 0.6) is 0 Å². The van der Waals surface area contributed by atoms with Crippen molar-refractivity contribution in [2.24, 2.45) is 0 Å². The van der Waals surface area contributed by atoms with Crippen molar-refractivity contribution in [2.75, 3.05) is 19.5 Å². The van der Waals surface area contributed by atoms with E-state index >= 15 is 0 Å². The van der Waals surface area contributed by atoms with Crippen LogP contribution in [0, 0.1) is 0 Å². The third kappa shape index (κ3) is 5.97. The Morgan fingerprint density at radius 2 is 1.86 bits per heavy atom. The third-order valence-corrected chi connectivity index (χ3v) is 4.81. The number of anilines is 1. The van der Waals surface area contributed by atoms with E-state index < -0.39 is 19.3 Å². The minimum absolute atomic E-state index is 0.0472. The standard InChI is InChI=1S/C14H21ClNO5P/c1-14(2,3)21-13(17)16-11-7-6-10(12(15)8-11)9-22(18,19-4)20-5/h6-8H,9H2,1-5H3,(H,16,17). The Balaban J connectivity index is 2.82. The lowest BCUT2D eigenvalue weighted by atomic mass is 10.2. The van der Waals surface area contributed by atoms with Crippen molar-refractivity contribution < 1.29 is 23.1 Å². The minimum atomic E-state index is -3.20. The van der Waals surface area contributed by atoms with Crippen molar-refractivity contribution in [1.82, 2.24) is 0 Å². The van der Waals surface area contributed by atoms with Gasteiger partial charge in [-0.1, -0.05) is 17.7 Å². The van der Waals surface area contributed by atoms with Gasteiger partial charge in [0.2, 0.25) is 0 Å². The molecule has 1 aromatic rings. The summed E-state index contributed by atoms with van der Waals surface area (Å²) in [5.74, 6) is 0. The molecule has 22 heavy (non-hydrogen) atoms. The smallest absolute Gasteiger partial charge is 0.412 e. The van der Waals surface area contributed by atoms with E-state index in [0.717, 1.165) is 0 Å². The van der Waals surface area contributed by atoms with E-state index in [1.807, 2.05) is 0 Å². The molecule has 1 amide bonds. The van der Waals surface area contributed by atoms with Crippen molar-refractivity contribution in [3.63, 3.8) is 0 Å². The molecule has 0 aliphatic carbocycles. The zero-order valence-electron chi connectivity index (χ0n) is 13.3. The Hall–Kier alpha value is -1.07. The van der Waals surface area contributed by atoms with Gasteiger partial charge in [0.25, 0.3) is 0 Å². The van der Waals surface area contributed by atoms with Crippen LogP contribution >= 0.6 is 19.2 Å². The first kappa shape index (κ1) is 19.0. The van der Waals surface area contributed by atoms with Gasteiger partial charge < -0.3 is 13.8 Å². The molecule has 0 aromatic heterocycles. The van der Waals surface area contributed by atoms with Gasteiger partial charge in [0.1, 0.15) is 5.60 Å². The molecule has 1 N–H and O–H groups in total. The zero-order valence-corrected chi connectivity index (χ0v) is 15.0. The van der Waals surface area contributed by atoms with Gasteiger partial charge >= 0.3 is 13.7 Å². The highest BCUT2D eigenvalue weighted by molar-refractivity contribution is 7.52. The van der Waals surface area contributed by atoms with Crippen molar-refractivity contribution in [3.05, 3.63) is 28.8 Å². The molecule has 0 radical (unpaired) electrons. The van der Waals surface area contributed by atoms with Crippen LogP contribution in [-0.4, -0.2) is 25.9 Å². The molecule has 6 nitrogen and oxygen atoms in total. The van der Waals surface area contributed by atoms with Gasteiger partial charge in [-0.25, -0.2) is 4.79 Å². The van der Waals surface area contributed by atoms with E-state index in [1.54, 1.807) is 39.0 Å². The lowest BCUT2D eigenvalue weighted by Gasteiger charge is -2.20. The quantitative estimate of drug-likeness (QED) is 0.782. The average molecular weight is 350 g/mol. The minimum Gasteiger partial charge on any atom is -0.444 e. The van der Waals surface area contributed by atoms with Crippen LogP contribution in [0.2, 0.25) is 5.02 Å². The maximum atomic E-state index is 12.1. The molecule has 8 heteroatoms. The van der Waals surface area contributed by atoms with E-state index in [2.05, 4.69) is 5.32 Å². The Bertz CT molecular complexity index is 577. The Labute approximate surface area is 135 Å². The molecule has 0 atom stereocenters. The summed E-state index contributed by atoms with van der Waals surface area (Å²) < 4.78 is 27.0. The largest absolute Gasteiger partial charge is 0.444 e. The Morgan fingerprint density at radius 3 is 2.32 bits per heavy atom. The normalized spacial score (nSPS) is 12.1. The number of carbonyl (C=O) groups is 1. The van der Waals surface area contributed by atoms with Crippen LogP contribution in [0.4, 0.5) is 10.5 Å². The summed E-state index contributed by atoms with van der Waals surface area (Å²) in [5.41, 5.74) is 0.494. The predicted molar refractivity (Wildman–Crippen MR) is 86.6 cm³/mol. The summed E-state index contributed by atoms with van der Waals surface area (Å²) in [6.07, 6.45) is -0.526. The lowest BCUT2D eigenvalue weighted by molar-refractivity contribution is 0.0636. The van der Waals surface area contributed by atoms with Crippen molar-refractivity contribution >= 4 is 31.0 Å². The summed E-state index contributed by atoms with van der Waals surface area (Å²) in [4.78, 5) is 11.7. The molecule has 0 aliphatic heterocycles. The zero-order chi connectivity index (χ0) is 17.0. The van der Waals surface area contributed by atoms with Crippen LogP contribution < -0.4 is 5.32 Å². The molecular formula is C14H21ClNO5P. The van der Waals surface area contributed by atoms with Crippen LogP contribution in [0.3, 0.4) is 0 Å². The molecule has 0 saturated carbocycles. The number of benzene rings is 1. The second-order valence-corrected chi connectivity index (χ2v) is 8.24. The summed E-state index contributed by atoms with van der Waals surface area (Å²) in [6.45, 7) is 5.32. The van der Waals surface area contributed by atoms with Crippen LogP contribution in [0.25, 0.3) is 0 Å². The molecule has 0 saturated heterocycles. The summed E-state index contributed by atoms with van der Waals surface area (Å²) in [6, 6.07) is 4.84. The maximum absolute atomic E-state index is 12.1. The molecule has 0 spiro atoms. The van der Waals surface area contributed by atoms with Gasteiger partial charge in [0.05, 0.1) is 6.16 Å². The van der Waals surface area contributed by atoms with Gasteiger partial charge in [-0.2, -0.15) is 0 Å². The third-order valence-electron chi connectivity index (χ3n) is 2.62. The number of carbonyl (C=O) groups excluding carboxylic acids is 1. The Morgan fingerprint density at radius 1 is 1.27 bits per heavy atom. The monoisotopic (exact) mass is 349 g/mol. The fraction of sp³-hybridized carbons (Fsp3) is 0.500. The first-order chi connectivity index (χ1) is 10.1. The number of rotatable bonds is 5. The average Bonchev–Trinajstić information content (AvgIpc) is 2.39. The second kappa shape index (κ2) is 7.47. The molecule has 0 heterocycles. The molecular weight excluding hydrogens is 329 g/mol. The lowest BCUT2D eigenvalue weighted by Crippen LogP contribution is -2.27. The second-order valence-electron chi connectivity index (χ2n) is 5.57. The van der Waals surface area contributed by atoms with E-state index in [-0.39, 0.29) is 6.16 Å². The van der Waals surface area contributed by atoms with Crippen LogP contribution in [0.1, 0.15) is 26.3 Å². The molecule has 0 unspecified atom stereocenters. The van der Waals surface area contributed by atoms with E-state index in [1.165, 1.54) is 14.2 Å². The Kier molecular flexibility index (Phi) is 6.44. The molecule has 0 bridgehead atoms. The van der Waals surface area contributed by atoms with Crippen molar-refractivity contribution in [1.29, 1.82) is 0 Å². The van der Waals surface area contributed by atoms with Gasteiger partial charge in [0, 0.05) is 24.9 Å². The highest BCUT2D eigenvalue weighted by Gasteiger charge is 2.23. The SMILES string of the molecule is COP(=O)(Cc1ccc(NC(=O)OC(C)(C)C)cc1Cl)OC. The van der Waals surface area contributed by atoms with E-state index in [4.69, 9.17) is 25.4 Å².